The Bertz CT molecular complexity index is 490. The molecular formula is C14H15FN2O. The number of rotatable bonds is 5. The number of nitrogens with zero attached hydrogens (tertiary/aromatic N) is 1. The largest absolute Gasteiger partial charge is 0.382 e. The van der Waals surface area contributed by atoms with Crippen LogP contribution < -0.4 is 5.32 Å². The summed E-state index contributed by atoms with van der Waals surface area (Å²) >= 11 is 0. The third kappa shape index (κ3) is 3.05. The molecule has 1 N–H and O–H groups in total. The number of methoxy groups -OCH3 is 1. The second-order valence-corrected chi connectivity index (χ2v) is 3.90. The van der Waals surface area contributed by atoms with Crippen molar-refractivity contribution in [1.29, 1.82) is 0 Å². The van der Waals surface area contributed by atoms with Crippen LogP contribution in [0.1, 0.15) is 11.6 Å². The molecule has 0 aliphatic heterocycles. The Hall–Kier alpha value is -1.94. The summed E-state index contributed by atoms with van der Waals surface area (Å²) in [5.41, 5.74) is 1.03. The molecule has 0 aliphatic rings. The normalized spacial score (nSPS) is 12.1. The van der Waals surface area contributed by atoms with Gasteiger partial charge in [-0.25, -0.2) is 9.37 Å². The molecule has 2 aromatic rings. The van der Waals surface area contributed by atoms with Crippen LogP contribution in [0.4, 0.5) is 10.2 Å². The first-order valence-corrected chi connectivity index (χ1v) is 5.72. The van der Waals surface area contributed by atoms with Crippen LogP contribution in [0.3, 0.4) is 0 Å². The highest BCUT2D eigenvalue weighted by molar-refractivity contribution is 5.39. The highest BCUT2D eigenvalue weighted by Gasteiger charge is 2.13. The molecule has 4 heteroatoms. The van der Waals surface area contributed by atoms with Gasteiger partial charge in [-0.3, -0.25) is 0 Å². The van der Waals surface area contributed by atoms with E-state index in [0.29, 0.717) is 6.61 Å². The molecule has 18 heavy (non-hydrogen) atoms. The van der Waals surface area contributed by atoms with E-state index in [-0.39, 0.29) is 17.7 Å². The maximum Gasteiger partial charge on any atom is 0.165 e. The van der Waals surface area contributed by atoms with Crippen molar-refractivity contribution < 1.29 is 9.13 Å². The van der Waals surface area contributed by atoms with Crippen molar-refractivity contribution in [2.24, 2.45) is 0 Å². The molecule has 0 bridgehead atoms. The van der Waals surface area contributed by atoms with Gasteiger partial charge in [0.2, 0.25) is 0 Å². The average molecular weight is 246 g/mol. The predicted octanol–water partition coefficient (Wildman–Crippen LogP) is 3.02. The molecule has 0 saturated carbocycles. The molecule has 1 aromatic heterocycles. The van der Waals surface area contributed by atoms with Gasteiger partial charge in [-0.1, -0.05) is 30.3 Å². The van der Waals surface area contributed by atoms with Crippen molar-refractivity contribution in [3.05, 3.63) is 60.0 Å². The number of hydrogen-bond donors (Lipinski definition) is 1. The van der Waals surface area contributed by atoms with Gasteiger partial charge in [-0.2, -0.15) is 0 Å². The Labute approximate surface area is 106 Å². The molecule has 1 atom stereocenters. The van der Waals surface area contributed by atoms with E-state index in [1.54, 1.807) is 19.4 Å². The maximum absolute atomic E-state index is 13.5. The molecule has 1 unspecified atom stereocenters. The Morgan fingerprint density at radius 3 is 2.67 bits per heavy atom. The van der Waals surface area contributed by atoms with Crippen LogP contribution >= 0.6 is 0 Å². The first-order chi connectivity index (χ1) is 8.81. The van der Waals surface area contributed by atoms with E-state index in [1.165, 1.54) is 6.07 Å². The minimum atomic E-state index is -0.366. The van der Waals surface area contributed by atoms with Gasteiger partial charge in [0.05, 0.1) is 12.6 Å². The summed E-state index contributed by atoms with van der Waals surface area (Å²) in [6, 6.07) is 12.6. The zero-order chi connectivity index (χ0) is 12.8. The highest BCUT2D eigenvalue weighted by atomic mass is 19.1. The van der Waals surface area contributed by atoms with Gasteiger partial charge in [-0.05, 0) is 17.7 Å². The molecular weight excluding hydrogens is 231 g/mol. The summed E-state index contributed by atoms with van der Waals surface area (Å²) in [6.07, 6.45) is 1.56. The third-order valence-corrected chi connectivity index (χ3v) is 2.60. The topological polar surface area (TPSA) is 34.1 Å². The lowest BCUT2D eigenvalue weighted by Crippen LogP contribution is -2.17. The van der Waals surface area contributed by atoms with Crippen molar-refractivity contribution >= 4 is 5.82 Å². The molecule has 0 aliphatic carbocycles. The van der Waals surface area contributed by atoms with E-state index in [1.807, 2.05) is 30.3 Å². The Morgan fingerprint density at radius 1 is 1.22 bits per heavy atom. The number of pyridine rings is 1. The average Bonchev–Trinajstić information content (AvgIpc) is 2.42. The molecule has 3 nitrogen and oxygen atoms in total. The second kappa shape index (κ2) is 6.12. The molecule has 0 spiro atoms. The SMILES string of the molecule is COCC(Nc1ncccc1F)c1ccccc1. The minimum absolute atomic E-state index is 0.124. The quantitative estimate of drug-likeness (QED) is 0.880. The molecule has 1 aromatic carbocycles. The number of hydrogen-bond acceptors (Lipinski definition) is 3. The van der Waals surface area contributed by atoms with Crippen LogP contribution in [0.5, 0.6) is 0 Å². The zero-order valence-corrected chi connectivity index (χ0v) is 10.1. The van der Waals surface area contributed by atoms with Crippen LogP contribution in [0, 0.1) is 5.82 Å². The molecule has 2 rings (SSSR count). The number of anilines is 1. The summed E-state index contributed by atoms with van der Waals surface area (Å²) in [5.74, 6) is -0.127. The standard InChI is InChI=1S/C14H15FN2O/c1-18-10-13(11-6-3-2-4-7-11)17-14-12(15)8-5-9-16-14/h2-9,13H,10H2,1H3,(H,16,17). The van der Waals surface area contributed by atoms with Crippen LogP contribution in [-0.2, 0) is 4.74 Å². The van der Waals surface area contributed by atoms with Crippen molar-refractivity contribution in [2.75, 3.05) is 19.0 Å². The van der Waals surface area contributed by atoms with Gasteiger partial charge in [0.25, 0.3) is 0 Å². The number of nitrogens with one attached hydrogen (secondary N) is 1. The zero-order valence-electron chi connectivity index (χ0n) is 10.1. The number of halogens is 1. The maximum atomic E-state index is 13.5. The van der Waals surface area contributed by atoms with Crippen molar-refractivity contribution in [1.82, 2.24) is 4.98 Å². The van der Waals surface area contributed by atoms with Crippen molar-refractivity contribution in [3.8, 4) is 0 Å². The van der Waals surface area contributed by atoms with Gasteiger partial charge < -0.3 is 10.1 Å². The number of aromatic nitrogens is 1. The summed E-state index contributed by atoms with van der Waals surface area (Å²) in [4.78, 5) is 3.98. The van der Waals surface area contributed by atoms with Gasteiger partial charge in [-0.15, -0.1) is 0 Å². The third-order valence-electron chi connectivity index (χ3n) is 2.60. The monoisotopic (exact) mass is 246 g/mol. The molecule has 0 saturated heterocycles. The van der Waals surface area contributed by atoms with Crippen molar-refractivity contribution in [3.63, 3.8) is 0 Å². The fourth-order valence-corrected chi connectivity index (χ4v) is 1.73. The minimum Gasteiger partial charge on any atom is -0.382 e. The van der Waals surface area contributed by atoms with E-state index in [9.17, 15) is 4.39 Å². The molecule has 1 heterocycles. The number of benzene rings is 1. The van der Waals surface area contributed by atoms with E-state index in [4.69, 9.17) is 4.74 Å². The van der Waals surface area contributed by atoms with E-state index in [2.05, 4.69) is 10.3 Å². The van der Waals surface area contributed by atoms with Crippen LogP contribution in [-0.4, -0.2) is 18.7 Å². The Morgan fingerprint density at radius 2 is 2.00 bits per heavy atom. The smallest absolute Gasteiger partial charge is 0.165 e. The number of ether oxygens (including phenoxy) is 1. The summed E-state index contributed by atoms with van der Waals surface area (Å²) in [5, 5.41) is 3.05. The van der Waals surface area contributed by atoms with Crippen molar-refractivity contribution in [2.45, 2.75) is 6.04 Å². The van der Waals surface area contributed by atoms with Gasteiger partial charge >= 0.3 is 0 Å². The first-order valence-electron chi connectivity index (χ1n) is 5.72. The summed E-state index contributed by atoms with van der Waals surface area (Å²) in [7, 11) is 1.62. The Balaban J connectivity index is 2.19. The lowest BCUT2D eigenvalue weighted by molar-refractivity contribution is 0.186. The fourth-order valence-electron chi connectivity index (χ4n) is 1.73. The van der Waals surface area contributed by atoms with E-state index >= 15 is 0 Å². The van der Waals surface area contributed by atoms with Crippen LogP contribution in [0.15, 0.2) is 48.7 Å². The molecule has 0 amide bonds. The van der Waals surface area contributed by atoms with E-state index < -0.39 is 0 Å². The second-order valence-electron chi connectivity index (χ2n) is 3.90. The van der Waals surface area contributed by atoms with Gasteiger partial charge in [0.15, 0.2) is 11.6 Å². The first kappa shape index (κ1) is 12.5. The highest BCUT2D eigenvalue weighted by Crippen LogP contribution is 2.20. The molecule has 94 valence electrons. The lowest BCUT2D eigenvalue weighted by Gasteiger charge is -2.19. The summed E-state index contributed by atoms with van der Waals surface area (Å²) in [6.45, 7) is 0.444. The molecule has 0 radical (unpaired) electrons. The lowest BCUT2D eigenvalue weighted by atomic mass is 10.1. The van der Waals surface area contributed by atoms with Crippen LogP contribution in [0.2, 0.25) is 0 Å². The predicted molar refractivity (Wildman–Crippen MR) is 68.9 cm³/mol. The van der Waals surface area contributed by atoms with E-state index in [0.717, 1.165) is 5.56 Å². The Kier molecular flexibility index (Phi) is 4.25. The van der Waals surface area contributed by atoms with Gasteiger partial charge in [0.1, 0.15) is 0 Å². The summed E-state index contributed by atoms with van der Waals surface area (Å²) < 4.78 is 18.7. The van der Waals surface area contributed by atoms with Gasteiger partial charge in [0, 0.05) is 13.3 Å². The molecule has 0 fully saturated rings. The van der Waals surface area contributed by atoms with Crippen LogP contribution in [0.25, 0.3) is 0 Å². The fraction of sp³-hybridized carbons (Fsp3) is 0.214.